The van der Waals surface area contributed by atoms with Gasteiger partial charge in [0.2, 0.25) is 5.91 Å². The second-order valence-corrected chi connectivity index (χ2v) is 10.9. The summed E-state index contributed by atoms with van der Waals surface area (Å²) < 4.78 is 2.02. The number of carbonyl (C=O) groups is 1. The van der Waals surface area contributed by atoms with Crippen LogP contribution < -0.4 is 11.1 Å². The van der Waals surface area contributed by atoms with E-state index in [2.05, 4.69) is 41.2 Å². The second-order valence-electron chi connectivity index (χ2n) is 9.30. The first-order chi connectivity index (χ1) is 18.7. The van der Waals surface area contributed by atoms with Crippen LogP contribution in [0.4, 0.5) is 5.69 Å². The van der Waals surface area contributed by atoms with Crippen LogP contribution in [0.3, 0.4) is 0 Å². The van der Waals surface area contributed by atoms with Crippen LogP contribution in [-0.2, 0) is 4.79 Å². The number of halogens is 1. The summed E-state index contributed by atoms with van der Waals surface area (Å²) in [4.78, 5) is 19.6. The predicted molar refractivity (Wildman–Crippen MR) is 155 cm³/mol. The van der Waals surface area contributed by atoms with Crippen molar-refractivity contribution in [2.45, 2.75) is 39.3 Å². The minimum Gasteiger partial charge on any atom is -0.394 e. The van der Waals surface area contributed by atoms with Crippen LogP contribution in [0, 0.1) is 32.6 Å². The zero-order chi connectivity index (χ0) is 27.7. The number of carbonyl (C=O) groups excluding carboxylic acids is 1. The van der Waals surface area contributed by atoms with E-state index in [0.29, 0.717) is 22.1 Å². The van der Waals surface area contributed by atoms with Gasteiger partial charge in [-0.15, -0.1) is 21.5 Å². The summed E-state index contributed by atoms with van der Waals surface area (Å²) >= 11 is 7.85. The lowest BCUT2D eigenvalue weighted by molar-refractivity contribution is -0.116. The molecule has 0 aliphatic carbocycles. The van der Waals surface area contributed by atoms with Crippen LogP contribution in [0.1, 0.15) is 51.2 Å². The molecule has 0 radical (unpaired) electrons. The lowest BCUT2D eigenvalue weighted by atomic mass is 9.99. The number of hydrogen-bond donors (Lipinski definition) is 3. The molecule has 2 aromatic heterocycles. The van der Waals surface area contributed by atoms with E-state index in [-0.39, 0.29) is 18.9 Å². The summed E-state index contributed by atoms with van der Waals surface area (Å²) in [6.07, 6.45) is 0.0630. The van der Waals surface area contributed by atoms with Gasteiger partial charge in [0.1, 0.15) is 16.9 Å². The Bertz CT molecular complexity index is 1640. The molecule has 1 aliphatic rings. The topological polar surface area (TPSA) is 118 Å². The maximum Gasteiger partial charge on any atom is 0.227 e. The Morgan fingerprint density at radius 1 is 1.21 bits per heavy atom. The smallest absolute Gasteiger partial charge is 0.227 e. The van der Waals surface area contributed by atoms with E-state index >= 15 is 0 Å². The number of nitrogens with one attached hydrogen (secondary N) is 1. The SMILES string of the molecule is Cc1sc2c(c1C)C(c1ccc(Cl)cc1)=N[C@@H](CC(=O)Nc1cccc(C#CC(N)CO)c1)c1nnc(C)n1-2. The Hall–Kier alpha value is -3.81. The Balaban J connectivity index is 1.51. The summed E-state index contributed by atoms with van der Waals surface area (Å²) in [6, 6.07) is 13.6. The van der Waals surface area contributed by atoms with Crippen LogP contribution in [0.15, 0.2) is 53.5 Å². The molecule has 5 rings (SSSR count). The van der Waals surface area contributed by atoms with Crippen LogP contribution >= 0.6 is 22.9 Å². The number of aliphatic imine (C=N–C) groups is 1. The van der Waals surface area contributed by atoms with Crippen molar-refractivity contribution in [2.75, 3.05) is 11.9 Å². The molecule has 39 heavy (non-hydrogen) atoms. The number of nitrogens with two attached hydrogens (primary N) is 1. The predicted octanol–water partition coefficient (Wildman–Crippen LogP) is 4.50. The van der Waals surface area contributed by atoms with Gasteiger partial charge in [-0.3, -0.25) is 14.4 Å². The first kappa shape index (κ1) is 26.8. The molecule has 2 atom stereocenters. The van der Waals surface area contributed by atoms with Gasteiger partial charge in [0.05, 0.1) is 24.8 Å². The van der Waals surface area contributed by atoms with Crippen molar-refractivity contribution in [2.24, 2.45) is 10.7 Å². The average molecular weight is 559 g/mol. The Kier molecular flexibility index (Phi) is 7.64. The molecule has 1 amide bonds. The van der Waals surface area contributed by atoms with Crippen molar-refractivity contribution >= 4 is 40.2 Å². The zero-order valence-corrected chi connectivity index (χ0v) is 23.3. The van der Waals surface area contributed by atoms with Gasteiger partial charge in [0.15, 0.2) is 5.82 Å². The van der Waals surface area contributed by atoms with Gasteiger partial charge in [-0.1, -0.05) is 41.6 Å². The lowest BCUT2D eigenvalue weighted by Gasteiger charge is -2.13. The Morgan fingerprint density at radius 3 is 2.72 bits per heavy atom. The fourth-order valence-electron chi connectivity index (χ4n) is 4.42. The third kappa shape index (κ3) is 5.51. The van der Waals surface area contributed by atoms with Gasteiger partial charge >= 0.3 is 0 Å². The summed E-state index contributed by atoms with van der Waals surface area (Å²) in [5.41, 5.74) is 10.8. The molecule has 8 nitrogen and oxygen atoms in total. The Morgan fingerprint density at radius 2 is 1.97 bits per heavy atom. The highest BCUT2D eigenvalue weighted by Gasteiger charge is 2.32. The van der Waals surface area contributed by atoms with Gasteiger partial charge in [-0.05, 0) is 56.7 Å². The number of anilines is 1. The van der Waals surface area contributed by atoms with Crippen LogP contribution in [0.25, 0.3) is 5.00 Å². The molecule has 3 heterocycles. The first-order valence-corrected chi connectivity index (χ1v) is 13.6. The zero-order valence-electron chi connectivity index (χ0n) is 21.7. The number of benzene rings is 2. The van der Waals surface area contributed by atoms with Gasteiger partial charge in [-0.25, -0.2) is 0 Å². The molecule has 198 valence electrons. The molecular weight excluding hydrogens is 532 g/mol. The summed E-state index contributed by atoms with van der Waals surface area (Å²) in [5.74, 6) is 6.83. The van der Waals surface area contributed by atoms with Gasteiger partial charge in [0.25, 0.3) is 0 Å². The van der Waals surface area contributed by atoms with Crippen LogP contribution in [0.2, 0.25) is 5.02 Å². The van der Waals surface area contributed by atoms with Crippen molar-refractivity contribution in [1.82, 2.24) is 14.8 Å². The number of rotatable bonds is 5. The van der Waals surface area contributed by atoms with Crippen molar-refractivity contribution in [3.63, 3.8) is 0 Å². The largest absolute Gasteiger partial charge is 0.394 e. The van der Waals surface area contributed by atoms with Gasteiger partial charge in [0, 0.05) is 32.3 Å². The minimum atomic E-state index is -0.623. The third-order valence-electron chi connectivity index (χ3n) is 6.48. The molecule has 4 N–H and O–H groups in total. The second kappa shape index (κ2) is 11.1. The fourth-order valence-corrected chi connectivity index (χ4v) is 5.76. The van der Waals surface area contributed by atoms with E-state index in [4.69, 9.17) is 27.4 Å². The molecule has 0 saturated carbocycles. The number of aromatic nitrogens is 3. The highest BCUT2D eigenvalue weighted by atomic mass is 35.5. The van der Waals surface area contributed by atoms with E-state index in [0.717, 1.165) is 33.2 Å². The van der Waals surface area contributed by atoms with E-state index in [1.54, 1.807) is 29.5 Å². The number of aryl methyl sites for hydroxylation is 2. The van der Waals surface area contributed by atoms with E-state index in [1.165, 1.54) is 4.88 Å². The fraction of sp³-hybridized carbons (Fsp3) is 0.241. The van der Waals surface area contributed by atoms with Crippen molar-refractivity contribution < 1.29 is 9.90 Å². The monoisotopic (exact) mass is 558 g/mol. The number of thiophene rings is 1. The first-order valence-electron chi connectivity index (χ1n) is 12.4. The molecule has 1 unspecified atom stereocenters. The quantitative estimate of drug-likeness (QED) is 0.312. The van der Waals surface area contributed by atoms with E-state index in [9.17, 15) is 4.79 Å². The van der Waals surface area contributed by atoms with E-state index < -0.39 is 12.1 Å². The number of aliphatic hydroxyl groups excluding tert-OH is 1. The van der Waals surface area contributed by atoms with Crippen LogP contribution in [-0.4, -0.2) is 44.1 Å². The molecular formula is C29H27ClN6O2S. The maximum absolute atomic E-state index is 13.3. The molecule has 10 heteroatoms. The van der Waals surface area contributed by atoms with Crippen molar-refractivity contribution in [3.8, 4) is 16.8 Å². The van der Waals surface area contributed by atoms with Crippen molar-refractivity contribution in [3.05, 3.63) is 92.3 Å². The highest BCUT2D eigenvalue weighted by Crippen LogP contribution is 2.39. The van der Waals surface area contributed by atoms with Gasteiger partial charge in [-0.2, -0.15) is 0 Å². The molecule has 0 bridgehead atoms. The molecule has 0 spiro atoms. The summed E-state index contributed by atoms with van der Waals surface area (Å²) in [5, 5.41) is 22.5. The summed E-state index contributed by atoms with van der Waals surface area (Å²) in [6.45, 7) is 5.86. The number of amides is 1. The third-order valence-corrected chi connectivity index (χ3v) is 7.93. The molecule has 4 aromatic rings. The number of hydrogen-bond acceptors (Lipinski definition) is 7. The molecule has 2 aromatic carbocycles. The molecule has 0 saturated heterocycles. The minimum absolute atomic E-state index is 0.0630. The number of fused-ring (bicyclic) bond motifs is 3. The molecule has 1 aliphatic heterocycles. The maximum atomic E-state index is 13.3. The Labute approximate surface area is 235 Å². The number of nitrogens with zero attached hydrogens (tertiary/aromatic N) is 4. The lowest BCUT2D eigenvalue weighted by Crippen LogP contribution is -2.21. The normalized spacial score (nSPS) is 14.8. The van der Waals surface area contributed by atoms with E-state index in [1.807, 2.05) is 41.8 Å². The van der Waals surface area contributed by atoms with Crippen LogP contribution in [0.5, 0.6) is 0 Å². The number of aliphatic hydroxyl groups is 1. The summed E-state index contributed by atoms with van der Waals surface area (Å²) in [7, 11) is 0. The standard InChI is InChI=1S/C29H27ClN6O2S/c1-16-17(2)39-29-26(16)27(20-8-10-21(30)11-9-20)33-24(28-35-34-18(3)36(28)29)14-25(38)32-23-6-4-5-19(13-23)7-12-22(31)15-37/h4-6,8-11,13,22,24,37H,14-15,31H2,1-3H3,(H,32,38)/t22?,24-/m0/s1. The van der Waals surface area contributed by atoms with Gasteiger partial charge < -0.3 is 16.2 Å². The molecule has 0 fully saturated rings. The average Bonchev–Trinajstić information content (AvgIpc) is 3.40. The van der Waals surface area contributed by atoms with Crippen molar-refractivity contribution in [1.29, 1.82) is 0 Å². The highest BCUT2D eigenvalue weighted by molar-refractivity contribution is 7.15.